The van der Waals surface area contributed by atoms with Gasteiger partial charge in [-0.05, 0) is 12.8 Å². The van der Waals surface area contributed by atoms with Crippen LogP contribution in [0.1, 0.15) is 25.3 Å². The molecule has 0 amide bonds. The summed E-state index contributed by atoms with van der Waals surface area (Å²) in [6.07, 6.45) is 2.83. The second-order valence-electron chi connectivity index (χ2n) is 4.53. The zero-order valence-corrected chi connectivity index (χ0v) is 13.7. The van der Waals surface area contributed by atoms with Crippen molar-refractivity contribution in [2.45, 2.75) is 38.4 Å². The molecule has 0 aliphatic carbocycles. The first-order chi connectivity index (χ1) is 8.29. The quantitative estimate of drug-likeness (QED) is 0.808. The van der Waals surface area contributed by atoms with Crippen LogP contribution in [0.4, 0.5) is 0 Å². The molecular weight excluding hydrogens is 303 g/mol. The average molecular weight is 323 g/mol. The Morgan fingerprint density at radius 1 is 1.61 bits per heavy atom. The Balaban J connectivity index is 0.00000162. The maximum Gasteiger partial charge on any atom is 0.107 e. The Bertz CT molecular complexity index is 359. The third-order valence-electron chi connectivity index (χ3n) is 3.16. The fraction of sp³-hybridized carbons (Fsp3) is 0.571. The van der Waals surface area contributed by atoms with E-state index < -0.39 is 0 Å². The first kappa shape index (κ1) is 16.1. The molecule has 1 aliphatic rings. The summed E-state index contributed by atoms with van der Waals surface area (Å²) in [6.45, 7) is 3.43. The molecule has 1 aliphatic heterocycles. The molecule has 2 N–H and O–H groups in total. The minimum Gasteiger partial charge on any atom is -0.514 e. The molecular formula is C14H20NO2Y-. The van der Waals surface area contributed by atoms with E-state index in [1.807, 2.05) is 25.1 Å². The molecule has 4 heteroatoms. The van der Waals surface area contributed by atoms with Gasteiger partial charge in [-0.3, -0.25) is 0 Å². The number of aliphatic hydroxyl groups is 1. The third-order valence-corrected chi connectivity index (χ3v) is 3.16. The molecule has 1 aromatic carbocycles. The monoisotopic (exact) mass is 323 g/mol. The van der Waals surface area contributed by atoms with Gasteiger partial charge in [-0.1, -0.05) is 13.3 Å². The largest absolute Gasteiger partial charge is 0.514 e. The van der Waals surface area contributed by atoms with E-state index in [4.69, 9.17) is 4.74 Å². The van der Waals surface area contributed by atoms with Crippen molar-refractivity contribution in [3.8, 4) is 5.75 Å². The topological polar surface area (TPSA) is 41.5 Å². The standard InChI is InChI=1S/C14H20NO2.Y/c1-2-12(16)9-15-10-13-8-7-11-5-3-4-6-14(11)17-13;/h4-6,12-13,15-16H,2,7-10H2,1H3;/q-1;. The molecule has 18 heavy (non-hydrogen) atoms. The molecule has 0 bridgehead atoms. The summed E-state index contributed by atoms with van der Waals surface area (Å²) < 4.78 is 5.88. The second kappa shape index (κ2) is 8.26. The fourth-order valence-electron chi connectivity index (χ4n) is 2.01. The van der Waals surface area contributed by atoms with Gasteiger partial charge in [0, 0.05) is 51.5 Å². The molecule has 2 rings (SSSR count). The molecule has 2 unspecified atom stereocenters. The van der Waals surface area contributed by atoms with Crippen LogP contribution in [-0.2, 0) is 39.1 Å². The number of ether oxygens (including phenoxy) is 1. The third kappa shape index (κ3) is 4.62. The van der Waals surface area contributed by atoms with Crippen LogP contribution in [-0.4, -0.2) is 30.4 Å². The summed E-state index contributed by atoms with van der Waals surface area (Å²) in [5.41, 5.74) is 1.25. The molecule has 0 fully saturated rings. The Morgan fingerprint density at radius 2 is 2.44 bits per heavy atom. The molecule has 0 saturated carbocycles. The van der Waals surface area contributed by atoms with E-state index >= 15 is 0 Å². The van der Waals surface area contributed by atoms with Gasteiger partial charge < -0.3 is 15.2 Å². The van der Waals surface area contributed by atoms with Crippen LogP contribution in [0, 0.1) is 6.07 Å². The molecule has 1 heterocycles. The Morgan fingerprint density at radius 3 is 3.22 bits per heavy atom. The average Bonchev–Trinajstić information content (AvgIpc) is 2.38. The van der Waals surface area contributed by atoms with E-state index in [0.717, 1.165) is 31.6 Å². The summed E-state index contributed by atoms with van der Waals surface area (Å²) in [4.78, 5) is 0. The maximum absolute atomic E-state index is 9.44. The van der Waals surface area contributed by atoms with E-state index in [-0.39, 0.29) is 44.9 Å². The van der Waals surface area contributed by atoms with Crippen molar-refractivity contribution in [3.05, 3.63) is 29.8 Å². The van der Waals surface area contributed by atoms with Crippen molar-refractivity contribution in [1.82, 2.24) is 5.32 Å². The summed E-state index contributed by atoms with van der Waals surface area (Å²) >= 11 is 0. The van der Waals surface area contributed by atoms with Crippen LogP contribution in [0.2, 0.25) is 0 Å². The van der Waals surface area contributed by atoms with Crippen molar-refractivity contribution in [2.24, 2.45) is 0 Å². The number of hydrogen-bond donors (Lipinski definition) is 2. The van der Waals surface area contributed by atoms with Crippen molar-refractivity contribution >= 4 is 0 Å². The van der Waals surface area contributed by atoms with Crippen LogP contribution in [0.25, 0.3) is 0 Å². The number of nitrogens with one attached hydrogen (secondary N) is 1. The number of benzene rings is 1. The Labute approximate surface area is 134 Å². The minimum atomic E-state index is -0.250. The van der Waals surface area contributed by atoms with Crippen molar-refractivity contribution in [1.29, 1.82) is 0 Å². The molecule has 97 valence electrons. The maximum atomic E-state index is 9.44. The smallest absolute Gasteiger partial charge is 0.107 e. The zero-order chi connectivity index (χ0) is 12.1. The Hall–Kier alpha value is 0.0439. The van der Waals surface area contributed by atoms with Gasteiger partial charge >= 0.3 is 0 Å². The number of hydrogen-bond acceptors (Lipinski definition) is 3. The van der Waals surface area contributed by atoms with Crippen LogP contribution >= 0.6 is 0 Å². The SMILES string of the molecule is CCC(O)CNCC1CCc2c[c-]ccc2O1.[Y]. The number of rotatable bonds is 5. The first-order valence-corrected chi connectivity index (χ1v) is 6.34. The molecule has 1 aromatic rings. The van der Waals surface area contributed by atoms with Crippen LogP contribution in [0.3, 0.4) is 0 Å². The predicted octanol–water partition coefficient (Wildman–Crippen LogP) is 1.54. The van der Waals surface area contributed by atoms with Crippen molar-refractivity contribution < 1.29 is 42.6 Å². The van der Waals surface area contributed by atoms with Gasteiger partial charge in [-0.15, -0.1) is 11.6 Å². The van der Waals surface area contributed by atoms with E-state index in [9.17, 15) is 5.11 Å². The van der Waals surface area contributed by atoms with Crippen LogP contribution in [0.15, 0.2) is 18.2 Å². The van der Waals surface area contributed by atoms with E-state index in [0.29, 0.717) is 6.54 Å². The Kier molecular flexibility index (Phi) is 7.39. The predicted molar refractivity (Wildman–Crippen MR) is 67.2 cm³/mol. The summed E-state index contributed by atoms with van der Waals surface area (Å²) in [5.74, 6) is 0.984. The molecule has 0 spiro atoms. The van der Waals surface area contributed by atoms with E-state index in [1.54, 1.807) is 0 Å². The van der Waals surface area contributed by atoms with Crippen LogP contribution < -0.4 is 10.1 Å². The van der Waals surface area contributed by atoms with Gasteiger partial charge in [0.25, 0.3) is 0 Å². The first-order valence-electron chi connectivity index (χ1n) is 6.34. The van der Waals surface area contributed by atoms with Crippen molar-refractivity contribution in [2.75, 3.05) is 13.1 Å². The minimum absolute atomic E-state index is 0. The summed E-state index contributed by atoms with van der Waals surface area (Å²) in [5, 5.41) is 12.7. The van der Waals surface area contributed by atoms with Gasteiger partial charge in [0.2, 0.25) is 0 Å². The second-order valence-corrected chi connectivity index (χ2v) is 4.53. The fourth-order valence-corrected chi connectivity index (χ4v) is 2.01. The molecule has 0 saturated heterocycles. The summed E-state index contributed by atoms with van der Waals surface area (Å²) in [6, 6.07) is 8.93. The normalized spacial score (nSPS) is 19.3. The molecule has 2 atom stereocenters. The molecule has 1 radical (unpaired) electrons. The molecule has 0 aromatic heterocycles. The van der Waals surface area contributed by atoms with Gasteiger partial charge in [0.15, 0.2) is 0 Å². The van der Waals surface area contributed by atoms with E-state index in [2.05, 4.69) is 11.4 Å². The van der Waals surface area contributed by atoms with Crippen LogP contribution in [0.5, 0.6) is 5.75 Å². The van der Waals surface area contributed by atoms with Gasteiger partial charge in [0.1, 0.15) is 6.10 Å². The van der Waals surface area contributed by atoms with Gasteiger partial charge in [-0.25, -0.2) is 0 Å². The van der Waals surface area contributed by atoms with Gasteiger partial charge in [-0.2, -0.15) is 18.2 Å². The number of fused-ring (bicyclic) bond motifs is 1. The zero-order valence-electron chi connectivity index (χ0n) is 10.9. The number of aliphatic hydroxyl groups excluding tert-OH is 1. The van der Waals surface area contributed by atoms with Crippen molar-refractivity contribution in [3.63, 3.8) is 0 Å². The van der Waals surface area contributed by atoms with E-state index in [1.165, 1.54) is 5.56 Å². The molecule has 3 nitrogen and oxygen atoms in total. The summed E-state index contributed by atoms with van der Waals surface area (Å²) in [7, 11) is 0. The number of aryl methyl sites for hydroxylation is 1. The van der Waals surface area contributed by atoms with Gasteiger partial charge in [0.05, 0.1) is 6.10 Å².